The number of ether oxygens (including phenoxy) is 2. The van der Waals surface area contributed by atoms with Gasteiger partial charge in [0.05, 0.1) is 37.2 Å². The summed E-state index contributed by atoms with van der Waals surface area (Å²) in [7, 11) is 5.73. The van der Waals surface area contributed by atoms with Gasteiger partial charge in [0.25, 0.3) is 5.91 Å². The summed E-state index contributed by atoms with van der Waals surface area (Å²) in [6, 6.07) is 6.27. The molecule has 39 heavy (non-hydrogen) atoms. The number of nitrogens with zero attached hydrogens (tertiary/aromatic N) is 4. The summed E-state index contributed by atoms with van der Waals surface area (Å²) >= 11 is 1.61. The predicted octanol–water partition coefficient (Wildman–Crippen LogP) is 6.21. The molecule has 0 saturated carbocycles. The number of hydrogen-bond acceptors (Lipinski definition) is 6. The maximum Gasteiger partial charge on any atom is 0.275 e. The minimum atomic E-state index is -0.413. The number of morpholine rings is 1. The molecule has 1 fully saturated rings. The van der Waals surface area contributed by atoms with E-state index in [-0.39, 0.29) is 5.91 Å². The van der Waals surface area contributed by atoms with Crippen LogP contribution in [0.25, 0.3) is 22.6 Å². The van der Waals surface area contributed by atoms with E-state index in [0.717, 1.165) is 50.7 Å². The Morgan fingerprint density at radius 1 is 1.33 bits per heavy atom. The number of rotatable bonds is 8. The number of aryl methyl sites for hydroxylation is 1. The number of hydrogen-bond donors (Lipinski definition) is 0. The SMILES string of the molecule is C=C(C)/C=C(/c1cc(-c2c(CC)c(C(=O)N3CCOCC3(C)C)nn2-c2ccsc2)c(C)cc1OC)N(C)C. The highest BCUT2D eigenvalue weighted by Crippen LogP contribution is 2.39. The highest BCUT2D eigenvalue weighted by molar-refractivity contribution is 7.08. The predicted molar refractivity (Wildman–Crippen MR) is 160 cm³/mol. The molecule has 208 valence electrons. The van der Waals surface area contributed by atoms with Crippen molar-refractivity contribution < 1.29 is 14.3 Å². The number of allylic oxidation sites excluding steroid dienone is 2. The van der Waals surface area contributed by atoms with Crippen molar-refractivity contribution in [2.75, 3.05) is 41.0 Å². The van der Waals surface area contributed by atoms with Gasteiger partial charge < -0.3 is 19.3 Å². The van der Waals surface area contributed by atoms with E-state index in [4.69, 9.17) is 14.6 Å². The molecule has 4 rings (SSSR count). The van der Waals surface area contributed by atoms with Crippen molar-refractivity contribution in [2.45, 2.75) is 46.6 Å². The first-order valence-electron chi connectivity index (χ1n) is 13.3. The molecule has 0 unspecified atom stereocenters. The van der Waals surface area contributed by atoms with Gasteiger partial charge in [-0.15, -0.1) is 0 Å². The largest absolute Gasteiger partial charge is 0.496 e. The van der Waals surface area contributed by atoms with Crippen LogP contribution in [0.2, 0.25) is 0 Å². The smallest absolute Gasteiger partial charge is 0.275 e. The van der Waals surface area contributed by atoms with E-state index < -0.39 is 5.54 Å². The molecule has 0 N–H and O–H groups in total. The zero-order valence-corrected chi connectivity index (χ0v) is 25.2. The molecular weight excluding hydrogens is 508 g/mol. The molecule has 1 aliphatic rings. The quantitative estimate of drug-likeness (QED) is 0.313. The molecule has 1 amide bonds. The van der Waals surface area contributed by atoms with E-state index in [9.17, 15) is 4.79 Å². The fourth-order valence-corrected chi connectivity index (χ4v) is 5.76. The topological polar surface area (TPSA) is 59.8 Å². The summed E-state index contributed by atoms with van der Waals surface area (Å²) in [6.45, 7) is 15.9. The molecule has 1 aliphatic heterocycles. The summed E-state index contributed by atoms with van der Waals surface area (Å²) in [4.78, 5) is 18.1. The fraction of sp³-hybridized carbons (Fsp3) is 0.419. The second kappa shape index (κ2) is 11.4. The highest BCUT2D eigenvalue weighted by Gasteiger charge is 2.37. The van der Waals surface area contributed by atoms with E-state index in [1.54, 1.807) is 18.4 Å². The van der Waals surface area contributed by atoms with Crippen LogP contribution in [0.5, 0.6) is 5.75 Å². The molecule has 1 saturated heterocycles. The van der Waals surface area contributed by atoms with Gasteiger partial charge in [0.2, 0.25) is 0 Å². The third kappa shape index (κ3) is 5.54. The summed E-state index contributed by atoms with van der Waals surface area (Å²) in [5.74, 6) is 0.724. The number of carbonyl (C=O) groups is 1. The molecule has 3 aromatic rings. The summed E-state index contributed by atoms with van der Waals surface area (Å²) in [6.07, 6.45) is 2.72. The Labute approximate surface area is 236 Å². The van der Waals surface area contributed by atoms with Gasteiger partial charge in [-0.3, -0.25) is 4.79 Å². The van der Waals surface area contributed by atoms with Crippen LogP contribution in [-0.2, 0) is 11.2 Å². The summed E-state index contributed by atoms with van der Waals surface area (Å²) in [5.41, 5.74) is 7.83. The van der Waals surface area contributed by atoms with Crippen molar-refractivity contribution in [2.24, 2.45) is 0 Å². The van der Waals surface area contributed by atoms with Crippen LogP contribution in [0, 0.1) is 6.92 Å². The van der Waals surface area contributed by atoms with Crippen molar-refractivity contribution in [3.8, 4) is 22.7 Å². The summed E-state index contributed by atoms with van der Waals surface area (Å²) < 4.78 is 13.5. The summed E-state index contributed by atoms with van der Waals surface area (Å²) in [5, 5.41) is 9.10. The molecule has 8 heteroatoms. The zero-order valence-electron chi connectivity index (χ0n) is 24.4. The molecule has 0 aliphatic carbocycles. The molecule has 3 heterocycles. The lowest BCUT2D eigenvalue weighted by atomic mass is 9.94. The van der Waals surface area contributed by atoms with Gasteiger partial charge in [0.15, 0.2) is 5.69 Å². The van der Waals surface area contributed by atoms with E-state index in [1.807, 2.05) is 55.9 Å². The molecule has 0 bridgehead atoms. The molecule has 1 aromatic carbocycles. The third-order valence-electron chi connectivity index (χ3n) is 7.12. The lowest BCUT2D eigenvalue weighted by Gasteiger charge is -2.41. The van der Waals surface area contributed by atoms with E-state index in [2.05, 4.69) is 48.9 Å². The van der Waals surface area contributed by atoms with Gasteiger partial charge >= 0.3 is 0 Å². The number of amides is 1. The first-order valence-corrected chi connectivity index (χ1v) is 14.2. The van der Waals surface area contributed by atoms with Gasteiger partial charge in [0, 0.05) is 48.4 Å². The maximum absolute atomic E-state index is 14.1. The number of methoxy groups -OCH3 is 1. The van der Waals surface area contributed by atoms with Crippen LogP contribution in [0.15, 0.2) is 47.2 Å². The third-order valence-corrected chi connectivity index (χ3v) is 7.79. The second-order valence-corrected chi connectivity index (χ2v) is 11.7. The van der Waals surface area contributed by atoms with Crippen molar-refractivity contribution >= 4 is 22.9 Å². The van der Waals surface area contributed by atoms with Crippen molar-refractivity contribution in [1.29, 1.82) is 0 Å². The van der Waals surface area contributed by atoms with Crippen LogP contribution in [-0.4, -0.2) is 72.0 Å². The Morgan fingerprint density at radius 3 is 2.64 bits per heavy atom. The lowest BCUT2D eigenvalue weighted by molar-refractivity contribution is -0.0373. The van der Waals surface area contributed by atoms with Crippen LogP contribution in [0.3, 0.4) is 0 Å². The molecule has 0 atom stereocenters. The Hall–Kier alpha value is -3.36. The second-order valence-electron chi connectivity index (χ2n) is 10.9. The zero-order chi connectivity index (χ0) is 28.5. The minimum Gasteiger partial charge on any atom is -0.496 e. The monoisotopic (exact) mass is 548 g/mol. The van der Waals surface area contributed by atoms with Crippen LogP contribution >= 0.6 is 11.3 Å². The molecule has 0 spiro atoms. The lowest BCUT2D eigenvalue weighted by Crippen LogP contribution is -2.55. The van der Waals surface area contributed by atoms with Crippen molar-refractivity contribution in [3.05, 3.63) is 69.6 Å². The van der Waals surface area contributed by atoms with Gasteiger partial charge in [-0.1, -0.05) is 19.1 Å². The highest BCUT2D eigenvalue weighted by atomic mass is 32.1. The average molecular weight is 549 g/mol. The van der Waals surface area contributed by atoms with E-state index in [1.165, 1.54) is 0 Å². The Bertz CT molecular complexity index is 1400. The van der Waals surface area contributed by atoms with Crippen molar-refractivity contribution in [3.63, 3.8) is 0 Å². The first-order chi connectivity index (χ1) is 18.5. The van der Waals surface area contributed by atoms with E-state index in [0.29, 0.717) is 31.9 Å². The van der Waals surface area contributed by atoms with Crippen LogP contribution in [0.1, 0.15) is 54.9 Å². The first kappa shape index (κ1) is 28.6. The van der Waals surface area contributed by atoms with Gasteiger partial charge in [0.1, 0.15) is 5.75 Å². The maximum atomic E-state index is 14.1. The Kier molecular flexibility index (Phi) is 8.37. The number of benzene rings is 1. The van der Waals surface area contributed by atoms with Crippen LogP contribution in [0.4, 0.5) is 0 Å². The molecule has 0 radical (unpaired) electrons. The molecule has 7 nitrogen and oxygen atoms in total. The van der Waals surface area contributed by atoms with Gasteiger partial charge in [-0.05, 0) is 69.3 Å². The number of aromatic nitrogens is 2. The normalized spacial score (nSPS) is 15.4. The van der Waals surface area contributed by atoms with Crippen molar-refractivity contribution in [1.82, 2.24) is 19.6 Å². The number of thiophene rings is 1. The molecule has 2 aromatic heterocycles. The van der Waals surface area contributed by atoms with Gasteiger partial charge in [-0.25, -0.2) is 4.68 Å². The number of carbonyl (C=O) groups excluding carboxylic acids is 1. The minimum absolute atomic E-state index is 0.0575. The Balaban J connectivity index is 2.00. The van der Waals surface area contributed by atoms with E-state index >= 15 is 0 Å². The standard InChI is InChI=1S/C31H40N4O3S/c1-10-23-28(30(36)34-12-13-38-19-31(34,5)6)32-35(22-11-14-39-18-22)29(23)24-17-25(27(37-9)16-21(24)4)26(33(7)8)15-20(2)3/h11,14-18H,2,10,12-13,19H2,1,3-9H3/b26-15-. The Morgan fingerprint density at radius 2 is 2.08 bits per heavy atom. The molecular formula is C31H40N4O3S. The average Bonchev–Trinajstić information content (AvgIpc) is 3.54. The van der Waals surface area contributed by atoms with Crippen LogP contribution < -0.4 is 4.74 Å². The van der Waals surface area contributed by atoms with Gasteiger partial charge in [-0.2, -0.15) is 16.4 Å². The fourth-order valence-electron chi connectivity index (χ4n) is 5.15.